The van der Waals surface area contributed by atoms with Crippen molar-refractivity contribution in [3.63, 3.8) is 0 Å². The van der Waals surface area contributed by atoms with Crippen LogP contribution in [0.15, 0.2) is 36.5 Å². The number of rotatable bonds is 4. The third-order valence-corrected chi connectivity index (χ3v) is 4.88. The number of hydrogen-bond acceptors (Lipinski definition) is 3. The van der Waals surface area contributed by atoms with E-state index in [0.717, 1.165) is 38.2 Å². The Bertz CT molecular complexity index is 649. The first kappa shape index (κ1) is 17.2. The van der Waals surface area contributed by atoms with Crippen molar-refractivity contribution in [3.05, 3.63) is 47.8 Å². The molecular weight excluding hydrogens is 298 g/mol. The second kappa shape index (κ2) is 7.08. The number of piperidine rings is 1. The normalized spacial score (nSPS) is 17.3. The van der Waals surface area contributed by atoms with Gasteiger partial charge in [0.1, 0.15) is 0 Å². The van der Waals surface area contributed by atoms with Crippen LogP contribution in [0, 0.1) is 5.92 Å². The van der Waals surface area contributed by atoms with Crippen LogP contribution in [0.1, 0.15) is 44.9 Å². The fourth-order valence-corrected chi connectivity index (χ4v) is 3.44. The van der Waals surface area contributed by atoms with E-state index in [1.165, 1.54) is 11.3 Å². The van der Waals surface area contributed by atoms with E-state index in [-0.39, 0.29) is 5.41 Å². The summed E-state index contributed by atoms with van der Waals surface area (Å²) in [5.41, 5.74) is 3.62. The Kier molecular flexibility index (Phi) is 5.07. The van der Waals surface area contributed by atoms with Crippen molar-refractivity contribution in [3.8, 4) is 5.69 Å². The molecule has 1 aliphatic heterocycles. The van der Waals surface area contributed by atoms with Crippen LogP contribution in [0.2, 0.25) is 0 Å². The molecule has 130 valence electrons. The van der Waals surface area contributed by atoms with Crippen molar-refractivity contribution in [2.75, 3.05) is 19.7 Å². The Labute approximate surface area is 145 Å². The van der Waals surface area contributed by atoms with Crippen LogP contribution in [0.3, 0.4) is 0 Å². The maximum Gasteiger partial charge on any atom is 0.0727 e. The molecule has 4 nitrogen and oxygen atoms in total. The molecule has 1 aliphatic rings. The van der Waals surface area contributed by atoms with E-state index in [9.17, 15) is 5.11 Å². The summed E-state index contributed by atoms with van der Waals surface area (Å²) in [7, 11) is 0. The molecule has 0 spiro atoms. The summed E-state index contributed by atoms with van der Waals surface area (Å²) in [6.07, 6.45) is 4.37. The summed E-state index contributed by atoms with van der Waals surface area (Å²) in [4.78, 5) is 2.49. The van der Waals surface area contributed by atoms with E-state index in [4.69, 9.17) is 5.10 Å². The average Bonchev–Trinajstić information content (AvgIpc) is 3.00. The lowest BCUT2D eigenvalue weighted by molar-refractivity contribution is 0.127. The summed E-state index contributed by atoms with van der Waals surface area (Å²) >= 11 is 0. The van der Waals surface area contributed by atoms with Gasteiger partial charge in [0.2, 0.25) is 0 Å². The van der Waals surface area contributed by atoms with Crippen LogP contribution in [0.5, 0.6) is 0 Å². The smallest absolute Gasteiger partial charge is 0.0727 e. The van der Waals surface area contributed by atoms with Crippen LogP contribution in [0.25, 0.3) is 5.69 Å². The van der Waals surface area contributed by atoms with Gasteiger partial charge in [-0.1, -0.05) is 39.0 Å². The monoisotopic (exact) mass is 327 g/mol. The summed E-state index contributed by atoms with van der Waals surface area (Å²) in [5, 5.41) is 14.2. The molecule has 0 atom stereocenters. The first-order chi connectivity index (χ1) is 11.5. The predicted octanol–water partition coefficient (Wildman–Crippen LogP) is 3.37. The molecule has 1 aromatic heterocycles. The highest BCUT2D eigenvalue weighted by Gasteiger charge is 2.25. The molecule has 0 amide bonds. The number of benzene rings is 1. The molecule has 1 fully saturated rings. The number of aliphatic hydroxyl groups is 1. The third-order valence-electron chi connectivity index (χ3n) is 4.88. The Hall–Kier alpha value is -1.65. The van der Waals surface area contributed by atoms with Gasteiger partial charge in [0.25, 0.3) is 0 Å². The van der Waals surface area contributed by atoms with Crippen molar-refractivity contribution >= 4 is 0 Å². The summed E-state index contributed by atoms with van der Waals surface area (Å²) < 4.78 is 2.01. The van der Waals surface area contributed by atoms with Crippen LogP contribution < -0.4 is 0 Å². The number of aliphatic hydroxyl groups excluding tert-OH is 1. The summed E-state index contributed by atoms with van der Waals surface area (Å²) in [6.45, 7) is 10.1. The molecule has 1 N–H and O–H groups in total. The molecule has 0 radical (unpaired) electrons. The average molecular weight is 327 g/mol. The number of para-hydroxylation sites is 1. The predicted molar refractivity (Wildman–Crippen MR) is 97.4 cm³/mol. The van der Waals surface area contributed by atoms with Crippen LogP contribution in [-0.4, -0.2) is 39.5 Å². The van der Waals surface area contributed by atoms with Gasteiger partial charge in [-0.15, -0.1) is 0 Å². The SMILES string of the molecule is CC(C)(C)c1nn(-c2ccccc2)cc1CN1CCC(CO)CC1. The number of likely N-dealkylation sites (tertiary alicyclic amines) is 1. The Morgan fingerprint density at radius 1 is 1.12 bits per heavy atom. The van der Waals surface area contributed by atoms with Crippen molar-refractivity contribution in [2.45, 2.75) is 45.6 Å². The minimum absolute atomic E-state index is 0.0266. The van der Waals surface area contributed by atoms with E-state index in [1.807, 2.05) is 22.9 Å². The lowest BCUT2D eigenvalue weighted by Gasteiger charge is -2.31. The summed E-state index contributed by atoms with van der Waals surface area (Å²) in [6, 6.07) is 10.3. The molecule has 0 bridgehead atoms. The van der Waals surface area contributed by atoms with E-state index >= 15 is 0 Å². The van der Waals surface area contributed by atoms with Crippen LogP contribution in [-0.2, 0) is 12.0 Å². The molecule has 0 unspecified atom stereocenters. The second-order valence-corrected chi connectivity index (χ2v) is 7.94. The number of hydrogen-bond donors (Lipinski definition) is 1. The molecule has 0 saturated carbocycles. The van der Waals surface area contributed by atoms with Crippen LogP contribution in [0.4, 0.5) is 0 Å². The molecule has 2 heterocycles. The van der Waals surface area contributed by atoms with Gasteiger partial charge in [0, 0.05) is 30.3 Å². The fourth-order valence-electron chi connectivity index (χ4n) is 3.44. The number of nitrogens with zero attached hydrogens (tertiary/aromatic N) is 3. The van der Waals surface area contributed by atoms with E-state index in [1.54, 1.807) is 0 Å². The highest BCUT2D eigenvalue weighted by Crippen LogP contribution is 2.28. The molecule has 1 saturated heterocycles. The van der Waals surface area contributed by atoms with Gasteiger partial charge in [0.05, 0.1) is 11.4 Å². The fraction of sp³-hybridized carbons (Fsp3) is 0.550. The minimum Gasteiger partial charge on any atom is -0.396 e. The zero-order valence-electron chi connectivity index (χ0n) is 15.1. The van der Waals surface area contributed by atoms with Crippen molar-refractivity contribution in [1.82, 2.24) is 14.7 Å². The van der Waals surface area contributed by atoms with Gasteiger partial charge in [-0.25, -0.2) is 4.68 Å². The molecule has 2 aromatic rings. The third kappa shape index (κ3) is 3.87. The molecule has 3 rings (SSSR count). The Morgan fingerprint density at radius 3 is 2.38 bits per heavy atom. The zero-order valence-corrected chi connectivity index (χ0v) is 15.1. The number of aromatic nitrogens is 2. The molecule has 1 aromatic carbocycles. The lowest BCUT2D eigenvalue weighted by Crippen LogP contribution is -2.34. The summed E-state index contributed by atoms with van der Waals surface area (Å²) in [5.74, 6) is 0.482. The van der Waals surface area contributed by atoms with Gasteiger partial charge in [-0.05, 0) is 44.0 Å². The molecule has 4 heteroatoms. The highest BCUT2D eigenvalue weighted by molar-refractivity contribution is 5.34. The Balaban J connectivity index is 1.82. The maximum atomic E-state index is 9.32. The molecule has 0 aliphatic carbocycles. The van der Waals surface area contributed by atoms with Gasteiger partial charge >= 0.3 is 0 Å². The first-order valence-electron chi connectivity index (χ1n) is 8.95. The quantitative estimate of drug-likeness (QED) is 0.936. The maximum absolute atomic E-state index is 9.32. The molecular formula is C20H29N3O. The van der Waals surface area contributed by atoms with Crippen LogP contribution >= 0.6 is 0 Å². The largest absolute Gasteiger partial charge is 0.396 e. The minimum atomic E-state index is 0.0266. The first-order valence-corrected chi connectivity index (χ1v) is 8.95. The van der Waals surface area contributed by atoms with Crippen molar-refractivity contribution in [1.29, 1.82) is 0 Å². The van der Waals surface area contributed by atoms with E-state index in [0.29, 0.717) is 12.5 Å². The Morgan fingerprint density at radius 2 is 1.79 bits per heavy atom. The van der Waals surface area contributed by atoms with Crippen molar-refractivity contribution < 1.29 is 5.11 Å². The van der Waals surface area contributed by atoms with Crippen molar-refractivity contribution in [2.24, 2.45) is 5.92 Å². The topological polar surface area (TPSA) is 41.3 Å². The van der Waals surface area contributed by atoms with Gasteiger partial charge in [-0.2, -0.15) is 5.10 Å². The van der Waals surface area contributed by atoms with E-state index in [2.05, 4.69) is 44.0 Å². The lowest BCUT2D eigenvalue weighted by atomic mass is 9.89. The van der Waals surface area contributed by atoms with Gasteiger partial charge in [-0.3, -0.25) is 4.90 Å². The second-order valence-electron chi connectivity index (χ2n) is 7.94. The highest BCUT2D eigenvalue weighted by atomic mass is 16.3. The van der Waals surface area contributed by atoms with E-state index < -0.39 is 0 Å². The van der Waals surface area contributed by atoms with Gasteiger partial charge < -0.3 is 5.11 Å². The van der Waals surface area contributed by atoms with Gasteiger partial charge in [0.15, 0.2) is 0 Å². The zero-order chi connectivity index (χ0) is 17.2. The molecule has 24 heavy (non-hydrogen) atoms. The standard InChI is InChI=1S/C20H29N3O/c1-20(2,3)19-17(13-22-11-9-16(15-24)10-12-22)14-23(21-19)18-7-5-4-6-8-18/h4-8,14,16,24H,9-13,15H2,1-3H3.